The van der Waals surface area contributed by atoms with E-state index in [4.69, 9.17) is 10.5 Å². The number of nitrogens with two attached hydrogens (primary N) is 1. The molecule has 2 aromatic carbocycles. The second-order valence-electron chi connectivity index (χ2n) is 6.91. The van der Waals surface area contributed by atoms with Gasteiger partial charge in [0.05, 0.1) is 0 Å². The Labute approximate surface area is 159 Å². The molecule has 0 amide bonds. The Kier molecular flexibility index (Phi) is 8.49. The fourth-order valence-electron chi connectivity index (χ4n) is 2.93. The number of nitrogen functional groups attached to an aromatic ring is 1. The smallest absolute Gasteiger partial charge is 0.389 e. The molecule has 0 heterocycles. The quantitative estimate of drug-likeness (QED) is 0.329. The summed E-state index contributed by atoms with van der Waals surface area (Å²) in [7, 11) is 0. The second-order valence-corrected chi connectivity index (χ2v) is 6.91. The molecular weight excluding hydrogens is 351 g/mol. The topological polar surface area (TPSA) is 35.2 Å². The number of anilines is 1. The van der Waals surface area contributed by atoms with E-state index in [2.05, 4.69) is 12.1 Å². The fraction of sp³-hybridized carbons (Fsp3) is 0.455. The second kappa shape index (κ2) is 10.9. The van der Waals surface area contributed by atoms with E-state index < -0.39 is 12.6 Å². The zero-order chi connectivity index (χ0) is 19.5. The first kappa shape index (κ1) is 21.1. The molecule has 0 radical (unpaired) electrons. The molecule has 0 aliphatic rings. The van der Waals surface area contributed by atoms with Crippen LogP contribution in [0.2, 0.25) is 0 Å². The Morgan fingerprint density at radius 1 is 0.667 bits per heavy atom. The molecule has 0 unspecified atom stereocenters. The fourth-order valence-corrected chi connectivity index (χ4v) is 2.93. The number of aryl methyl sites for hydroxylation is 1. The molecule has 0 saturated carbocycles. The van der Waals surface area contributed by atoms with Gasteiger partial charge in [-0.3, -0.25) is 0 Å². The van der Waals surface area contributed by atoms with Crippen molar-refractivity contribution >= 4 is 5.69 Å². The summed E-state index contributed by atoms with van der Waals surface area (Å²) in [6, 6.07) is 15.4. The molecule has 0 bridgehead atoms. The van der Waals surface area contributed by atoms with E-state index >= 15 is 0 Å². The van der Waals surface area contributed by atoms with Crippen molar-refractivity contribution in [3.63, 3.8) is 0 Å². The first-order valence-electron chi connectivity index (χ1n) is 9.61. The van der Waals surface area contributed by atoms with E-state index in [-0.39, 0.29) is 6.42 Å². The lowest BCUT2D eigenvalue weighted by Crippen LogP contribution is -2.06. The van der Waals surface area contributed by atoms with Crippen LogP contribution in [0, 0.1) is 0 Å². The van der Waals surface area contributed by atoms with Crippen molar-refractivity contribution in [2.75, 3.05) is 5.73 Å². The molecule has 2 N–H and O–H groups in total. The van der Waals surface area contributed by atoms with Crippen molar-refractivity contribution in [2.24, 2.45) is 0 Å². The zero-order valence-corrected chi connectivity index (χ0v) is 15.6. The molecule has 0 spiro atoms. The van der Waals surface area contributed by atoms with E-state index in [1.165, 1.54) is 5.56 Å². The maximum absolute atomic E-state index is 12.0. The Bertz CT molecular complexity index is 651. The maximum Gasteiger partial charge on any atom is 0.389 e. The van der Waals surface area contributed by atoms with Gasteiger partial charge in [-0.15, -0.1) is 0 Å². The Hall–Kier alpha value is -2.17. The van der Waals surface area contributed by atoms with Gasteiger partial charge in [0.25, 0.3) is 0 Å². The van der Waals surface area contributed by atoms with E-state index in [1.807, 2.05) is 24.3 Å². The summed E-state index contributed by atoms with van der Waals surface area (Å²) in [6.45, 7) is 0. The first-order chi connectivity index (χ1) is 12.9. The number of unbranched alkanes of at least 4 members (excludes halogenated alkanes) is 6. The molecule has 148 valence electrons. The predicted octanol–water partition coefficient (Wildman–Crippen LogP) is 7.29. The molecule has 2 aromatic rings. The number of ether oxygens (including phenoxy) is 1. The molecule has 27 heavy (non-hydrogen) atoms. The number of alkyl halides is 3. The van der Waals surface area contributed by atoms with Crippen LogP contribution in [0.5, 0.6) is 11.5 Å². The summed E-state index contributed by atoms with van der Waals surface area (Å²) in [5.41, 5.74) is 7.63. The van der Waals surface area contributed by atoms with E-state index in [9.17, 15) is 13.2 Å². The summed E-state index contributed by atoms with van der Waals surface area (Å²) in [6.07, 6.45) is 2.51. The van der Waals surface area contributed by atoms with Gasteiger partial charge in [0.1, 0.15) is 11.5 Å². The normalized spacial score (nSPS) is 11.5. The van der Waals surface area contributed by atoms with Crippen LogP contribution in [0.4, 0.5) is 18.9 Å². The number of hydrogen-bond acceptors (Lipinski definition) is 2. The molecule has 2 rings (SSSR count). The van der Waals surface area contributed by atoms with Gasteiger partial charge >= 0.3 is 6.18 Å². The van der Waals surface area contributed by atoms with Crippen LogP contribution in [-0.2, 0) is 6.42 Å². The van der Waals surface area contributed by atoms with Crippen molar-refractivity contribution in [1.29, 1.82) is 0 Å². The molecule has 2 nitrogen and oxygen atoms in total. The number of rotatable bonds is 11. The minimum Gasteiger partial charge on any atom is -0.457 e. The molecule has 5 heteroatoms. The molecular formula is C22H28F3NO. The molecule has 0 saturated heterocycles. The third-order valence-corrected chi connectivity index (χ3v) is 4.46. The lowest BCUT2D eigenvalue weighted by Gasteiger charge is -2.07. The maximum atomic E-state index is 12.0. The van der Waals surface area contributed by atoms with Gasteiger partial charge in [0.15, 0.2) is 0 Å². The highest BCUT2D eigenvalue weighted by Gasteiger charge is 2.25. The summed E-state index contributed by atoms with van der Waals surface area (Å²) in [4.78, 5) is 0. The third-order valence-electron chi connectivity index (χ3n) is 4.46. The van der Waals surface area contributed by atoms with Crippen LogP contribution in [-0.4, -0.2) is 6.18 Å². The largest absolute Gasteiger partial charge is 0.457 e. The van der Waals surface area contributed by atoms with Crippen molar-refractivity contribution in [3.8, 4) is 11.5 Å². The average Bonchev–Trinajstić information content (AvgIpc) is 2.63. The highest BCUT2D eigenvalue weighted by molar-refractivity contribution is 5.43. The SMILES string of the molecule is Nc1ccc(Oc2ccc(CCCCCCCCCC(F)(F)F)cc2)cc1. The predicted molar refractivity (Wildman–Crippen MR) is 104 cm³/mol. The Balaban J connectivity index is 1.55. The molecule has 0 atom stereocenters. The van der Waals surface area contributed by atoms with Gasteiger partial charge in [0, 0.05) is 12.1 Å². The third kappa shape index (κ3) is 9.36. The van der Waals surface area contributed by atoms with Crippen molar-refractivity contribution < 1.29 is 17.9 Å². The van der Waals surface area contributed by atoms with Crippen LogP contribution in [0.15, 0.2) is 48.5 Å². The minimum atomic E-state index is -4.00. The van der Waals surface area contributed by atoms with Gasteiger partial charge < -0.3 is 10.5 Å². The van der Waals surface area contributed by atoms with Crippen LogP contribution in [0.25, 0.3) is 0 Å². The van der Waals surface area contributed by atoms with E-state index in [0.29, 0.717) is 12.1 Å². The highest BCUT2D eigenvalue weighted by atomic mass is 19.4. The van der Waals surface area contributed by atoms with Crippen molar-refractivity contribution in [3.05, 3.63) is 54.1 Å². The summed E-state index contributed by atoms with van der Waals surface area (Å²) >= 11 is 0. The molecule has 0 aliphatic heterocycles. The molecule has 0 fully saturated rings. The van der Waals surface area contributed by atoms with Gasteiger partial charge in [-0.05, 0) is 61.2 Å². The van der Waals surface area contributed by atoms with Crippen LogP contribution in [0.1, 0.15) is 56.9 Å². The lowest BCUT2D eigenvalue weighted by molar-refractivity contribution is -0.135. The highest BCUT2D eigenvalue weighted by Crippen LogP contribution is 2.24. The van der Waals surface area contributed by atoms with Crippen LogP contribution in [0.3, 0.4) is 0 Å². The molecule has 0 aromatic heterocycles. The standard InChI is InChI=1S/C22H28F3NO/c23-22(24,25)17-7-5-3-1-2-4-6-8-18-9-13-20(14-10-18)27-21-15-11-19(26)12-16-21/h9-16H,1-8,17,26H2. The summed E-state index contributed by atoms with van der Waals surface area (Å²) in [5, 5.41) is 0. The van der Waals surface area contributed by atoms with Crippen LogP contribution >= 0.6 is 0 Å². The molecule has 0 aliphatic carbocycles. The zero-order valence-electron chi connectivity index (χ0n) is 15.6. The van der Waals surface area contributed by atoms with E-state index in [1.54, 1.807) is 12.1 Å². The van der Waals surface area contributed by atoms with E-state index in [0.717, 1.165) is 50.0 Å². The van der Waals surface area contributed by atoms with Gasteiger partial charge in [0.2, 0.25) is 0 Å². The number of hydrogen-bond donors (Lipinski definition) is 1. The van der Waals surface area contributed by atoms with Gasteiger partial charge in [-0.25, -0.2) is 0 Å². The number of benzene rings is 2. The van der Waals surface area contributed by atoms with Gasteiger partial charge in [-0.2, -0.15) is 13.2 Å². The lowest BCUT2D eigenvalue weighted by atomic mass is 10.0. The van der Waals surface area contributed by atoms with Crippen molar-refractivity contribution in [1.82, 2.24) is 0 Å². The minimum absolute atomic E-state index is 0.258. The summed E-state index contributed by atoms with van der Waals surface area (Å²) in [5.74, 6) is 1.55. The van der Waals surface area contributed by atoms with Crippen LogP contribution < -0.4 is 10.5 Å². The average molecular weight is 379 g/mol. The Morgan fingerprint density at radius 2 is 1.15 bits per heavy atom. The van der Waals surface area contributed by atoms with Crippen molar-refractivity contribution in [2.45, 2.75) is 64.0 Å². The number of halogens is 3. The van der Waals surface area contributed by atoms with Gasteiger partial charge in [-0.1, -0.05) is 44.2 Å². The Morgan fingerprint density at radius 3 is 1.70 bits per heavy atom. The first-order valence-corrected chi connectivity index (χ1v) is 9.61. The summed E-state index contributed by atoms with van der Waals surface area (Å²) < 4.78 is 41.9. The monoisotopic (exact) mass is 379 g/mol.